The number of nitrogens with one attached hydrogen (secondary N) is 1. The van der Waals surface area contributed by atoms with Crippen LogP contribution >= 0.6 is 0 Å². The third kappa shape index (κ3) is 4.91. The summed E-state index contributed by atoms with van der Waals surface area (Å²) in [5.74, 6) is -4.18. The number of esters is 2. The van der Waals surface area contributed by atoms with E-state index in [4.69, 9.17) is 14.6 Å². The summed E-state index contributed by atoms with van der Waals surface area (Å²) < 4.78 is 10.0. The van der Waals surface area contributed by atoms with Crippen molar-refractivity contribution in [3.63, 3.8) is 0 Å². The van der Waals surface area contributed by atoms with Crippen molar-refractivity contribution in [1.82, 2.24) is 5.32 Å². The van der Waals surface area contributed by atoms with Gasteiger partial charge < -0.3 is 19.9 Å². The van der Waals surface area contributed by atoms with Gasteiger partial charge in [0.05, 0.1) is 4.92 Å². The number of carboxylic acid groups (broad SMARTS) is 1. The molecule has 1 heterocycles. The van der Waals surface area contributed by atoms with Crippen LogP contribution in [-0.4, -0.2) is 39.9 Å². The molecule has 1 aromatic rings. The third-order valence-corrected chi connectivity index (χ3v) is 3.74. The van der Waals surface area contributed by atoms with Gasteiger partial charge in [-0.15, -0.1) is 0 Å². The van der Waals surface area contributed by atoms with E-state index < -0.39 is 40.7 Å². The lowest BCUT2D eigenvalue weighted by Gasteiger charge is -2.34. The molecule has 140 valence electrons. The van der Waals surface area contributed by atoms with Crippen LogP contribution in [0, 0.1) is 16.0 Å². The number of hydrogen-bond acceptors (Lipinski definition) is 7. The molecular weight excluding hydrogens is 348 g/mol. The van der Waals surface area contributed by atoms with Crippen LogP contribution < -0.4 is 5.32 Å². The molecule has 2 N–H and O–H groups in total. The molecule has 0 aromatic heterocycles. The summed E-state index contributed by atoms with van der Waals surface area (Å²) in [4.78, 5) is 45.2. The van der Waals surface area contributed by atoms with Crippen LogP contribution in [0.5, 0.6) is 0 Å². The molecule has 0 bridgehead atoms. The second-order valence-electron chi connectivity index (χ2n) is 6.30. The molecule has 1 unspecified atom stereocenters. The Hall–Kier alpha value is -3.17. The molecule has 0 radical (unpaired) electrons. The van der Waals surface area contributed by atoms with Crippen molar-refractivity contribution in [2.75, 3.05) is 0 Å². The fourth-order valence-corrected chi connectivity index (χ4v) is 2.63. The zero-order valence-electron chi connectivity index (χ0n) is 14.1. The number of hydrogen-bond donors (Lipinski definition) is 2. The highest BCUT2D eigenvalue weighted by Crippen LogP contribution is 2.26. The molecule has 2 rings (SSSR count). The van der Waals surface area contributed by atoms with E-state index in [9.17, 15) is 24.5 Å². The third-order valence-electron chi connectivity index (χ3n) is 3.74. The number of nitro groups is 1. The highest BCUT2D eigenvalue weighted by molar-refractivity contribution is 5.96. The summed E-state index contributed by atoms with van der Waals surface area (Å²) >= 11 is 0. The molecule has 1 fully saturated rings. The van der Waals surface area contributed by atoms with Crippen LogP contribution in [0.3, 0.4) is 0 Å². The SMILES string of the molecule is CC1(C)OC(=O)C(CC(Cc2ccc([N+](=O)[O-])cc2)NC(=O)O)C(=O)O1. The number of rotatable bonds is 6. The minimum absolute atomic E-state index is 0.0989. The van der Waals surface area contributed by atoms with Gasteiger partial charge in [0.25, 0.3) is 11.5 Å². The second kappa shape index (κ2) is 7.38. The number of amides is 1. The fourth-order valence-electron chi connectivity index (χ4n) is 2.63. The Labute approximate surface area is 148 Å². The molecule has 1 saturated heterocycles. The monoisotopic (exact) mass is 366 g/mol. The van der Waals surface area contributed by atoms with Crippen molar-refractivity contribution in [2.24, 2.45) is 5.92 Å². The maximum absolute atomic E-state index is 12.0. The lowest BCUT2D eigenvalue weighted by Crippen LogP contribution is -2.49. The zero-order valence-corrected chi connectivity index (χ0v) is 14.1. The highest BCUT2D eigenvalue weighted by Gasteiger charge is 2.44. The zero-order chi connectivity index (χ0) is 19.5. The van der Waals surface area contributed by atoms with Crippen LogP contribution in [0.1, 0.15) is 25.8 Å². The van der Waals surface area contributed by atoms with Crippen LogP contribution in [0.15, 0.2) is 24.3 Å². The van der Waals surface area contributed by atoms with Gasteiger partial charge in [0, 0.05) is 32.0 Å². The number of cyclic esters (lactones) is 2. The summed E-state index contributed by atoms with van der Waals surface area (Å²) in [5.41, 5.74) is 0.505. The summed E-state index contributed by atoms with van der Waals surface area (Å²) in [6, 6.07) is 4.75. The van der Waals surface area contributed by atoms with Crippen molar-refractivity contribution in [3.05, 3.63) is 39.9 Å². The largest absolute Gasteiger partial charge is 0.465 e. The Morgan fingerprint density at radius 3 is 2.27 bits per heavy atom. The molecule has 1 amide bonds. The topological polar surface area (TPSA) is 145 Å². The summed E-state index contributed by atoms with van der Waals surface area (Å²) in [7, 11) is 0. The molecular formula is C16H18N2O8. The normalized spacial score (nSPS) is 17.8. The molecule has 1 aromatic carbocycles. The Bertz CT molecular complexity index is 708. The molecule has 0 spiro atoms. The van der Waals surface area contributed by atoms with Gasteiger partial charge in [0.1, 0.15) is 0 Å². The van der Waals surface area contributed by atoms with Gasteiger partial charge in [-0.05, 0) is 18.4 Å². The van der Waals surface area contributed by atoms with E-state index >= 15 is 0 Å². The van der Waals surface area contributed by atoms with Crippen molar-refractivity contribution < 1.29 is 33.9 Å². The first-order chi connectivity index (χ1) is 12.1. The lowest BCUT2D eigenvalue weighted by molar-refractivity contribution is -0.384. The Morgan fingerprint density at radius 1 is 1.27 bits per heavy atom. The summed E-state index contributed by atoms with van der Waals surface area (Å²) in [6.45, 7) is 2.84. The van der Waals surface area contributed by atoms with E-state index in [0.717, 1.165) is 0 Å². The quantitative estimate of drug-likeness (QED) is 0.334. The van der Waals surface area contributed by atoms with Crippen molar-refractivity contribution in [2.45, 2.75) is 38.5 Å². The van der Waals surface area contributed by atoms with Crippen LogP contribution in [0.25, 0.3) is 0 Å². The molecule has 1 aliphatic heterocycles. The van der Waals surface area contributed by atoms with Gasteiger partial charge in [0.2, 0.25) is 0 Å². The van der Waals surface area contributed by atoms with Crippen molar-refractivity contribution >= 4 is 23.7 Å². The van der Waals surface area contributed by atoms with E-state index in [-0.39, 0.29) is 18.5 Å². The average molecular weight is 366 g/mol. The summed E-state index contributed by atoms with van der Waals surface area (Å²) in [5, 5.41) is 21.9. The van der Waals surface area contributed by atoms with Gasteiger partial charge in [-0.1, -0.05) is 12.1 Å². The van der Waals surface area contributed by atoms with Gasteiger partial charge in [-0.25, -0.2) is 4.79 Å². The van der Waals surface area contributed by atoms with Gasteiger partial charge >= 0.3 is 18.0 Å². The molecule has 0 saturated carbocycles. The minimum atomic E-state index is -1.36. The molecule has 10 nitrogen and oxygen atoms in total. The first-order valence-corrected chi connectivity index (χ1v) is 7.76. The maximum Gasteiger partial charge on any atom is 0.404 e. The minimum Gasteiger partial charge on any atom is -0.465 e. The van der Waals surface area contributed by atoms with Crippen molar-refractivity contribution in [3.8, 4) is 0 Å². The number of carbonyl (C=O) groups excluding carboxylic acids is 2. The Kier molecular flexibility index (Phi) is 5.44. The predicted molar refractivity (Wildman–Crippen MR) is 86.1 cm³/mol. The predicted octanol–water partition coefficient (Wildman–Crippen LogP) is 1.62. The molecule has 26 heavy (non-hydrogen) atoms. The number of carbonyl (C=O) groups is 3. The number of benzene rings is 1. The highest BCUT2D eigenvalue weighted by atomic mass is 16.7. The molecule has 1 aliphatic rings. The van der Waals surface area contributed by atoms with Crippen LogP contribution in [-0.2, 0) is 25.5 Å². The smallest absolute Gasteiger partial charge is 0.404 e. The number of nitrogens with zero attached hydrogens (tertiary/aromatic N) is 1. The van der Waals surface area contributed by atoms with Gasteiger partial charge in [0.15, 0.2) is 5.92 Å². The maximum atomic E-state index is 12.0. The average Bonchev–Trinajstić information content (AvgIpc) is 2.49. The molecule has 1 atom stereocenters. The van der Waals surface area contributed by atoms with E-state index in [1.54, 1.807) is 0 Å². The van der Waals surface area contributed by atoms with E-state index in [1.807, 2.05) is 0 Å². The lowest BCUT2D eigenvalue weighted by atomic mass is 9.94. The number of nitro benzene ring substituents is 1. The Morgan fingerprint density at radius 2 is 1.81 bits per heavy atom. The van der Waals surface area contributed by atoms with Gasteiger partial charge in [-0.2, -0.15) is 0 Å². The molecule has 0 aliphatic carbocycles. The van der Waals surface area contributed by atoms with Crippen molar-refractivity contribution in [1.29, 1.82) is 0 Å². The molecule has 10 heteroatoms. The number of non-ortho nitro benzene ring substituents is 1. The van der Waals surface area contributed by atoms with E-state index in [0.29, 0.717) is 5.56 Å². The standard InChI is InChI=1S/C16H18N2O8/c1-16(2)25-13(19)12(14(20)26-16)8-10(17-15(21)22)7-9-3-5-11(6-4-9)18(23)24/h3-6,10,12,17H,7-8H2,1-2H3,(H,21,22). The summed E-state index contributed by atoms with van der Waals surface area (Å²) in [6.07, 6.45) is -1.35. The van der Waals surface area contributed by atoms with E-state index in [2.05, 4.69) is 5.32 Å². The number of ether oxygens (including phenoxy) is 2. The Balaban J connectivity index is 2.12. The first kappa shape index (κ1) is 19.2. The first-order valence-electron chi connectivity index (χ1n) is 7.76. The fraction of sp³-hybridized carbons (Fsp3) is 0.438. The van der Waals surface area contributed by atoms with Gasteiger partial charge in [-0.3, -0.25) is 19.7 Å². The van der Waals surface area contributed by atoms with E-state index in [1.165, 1.54) is 38.1 Å². The van der Waals surface area contributed by atoms with Crippen LogP contribution in [0.4, 0.5) is 10.5 Å². The van der Waals surface area contributed by atoms with Crippen LogP contribution in [0.2, 0.25) is 0 Å². The second-order valence-corrected chi connectivity index (χ2v) is 6.30.